The zero-order valence-electron chi connectivity index (χ0n) is 12.4. The monoisotopic (exact) mass is 274 g/mol. The average molecular weight is 274 g/mol. The van der Waals surface area contributed by atoms with Gasteiger partial charge in [-0.25, -0.2) is 0 Å². The van der Waals surface area contributed by atoms with E-state index in [0.717, 1.165) is 50.8 Å². The summed E-state index contributed by atoms with van der Waals surface area (Å²) in [7, 11) is 0. The number of aryl methyl sites for hydroxylation is 1. The van der Waals surface area contributed by atoms with Crippen molar-refractivity contribution >= 4 is 11.6 Å². The smallest absolute Gasteiger partial charge is 0.227 e. The van der Waals surface area contributed by atoms with E-state index >= 15 is 0 Å². The van der Waals surface area contributed by atoms with Gasteiger partial charge in [-0.15, -0.1) is 0 Å². The Labute approximate surface area is 121 Å². The molecule has 3 nitrogen and oxygen atoms in total. The lowest BCUT2D eigenvalue weighted by Gasteiger charge is -2.27. The molecule has 0 aromatic heterocycles. The summed E-state index contributed by atoms with van der Waals surface area (Å²) in [5, 5.41) is 3.13. The second-order valence-corrected chi connectivity index (χ2v) is 5.85. The van der Waals surface area contributed by atoms with Crippen LogP contribution in [0.25, 0.3) is 0 Å². The van der Waals surface area contributed by atoms with Crippen molar-refractivity contribution in [2.45, 2.75) is 45.4 Å². The summed E-state index contributed by atoms with van der Waals surface area (Å²) < 4.78 is 0. The number of carbonyl (C=O) groups is 1. The molecule has 1 aromatic carbocycles. The van der Waals surface area contributed by atoms with Gasteiger partial charge in [-0.05, 0) is 56.2 Å². The predicted molar refractivity (Wildman–Crippen MR) is 83.6 cm³/mol. The Morgan fingerprint density at radius 3 is 2.60 bits per heavy atom. The Hall–Kier alpha value is -1.35. The fourth-order valence-corrected chi connectivity index (χ4v) is 3.02. The Balaban J connectivity index is 1.95. The fourth-order valence-electron chi connectivity index (χ4n) is 3.02. The average Bonchev–Trinajstić information content (AvgIpc) is 2.49. The second-order valence-electron chi connectivity index (χ2n) is 5.85. The number of hydrogen-bond donors (Lipinski definition) is 2. The minimum absolute atomic E-state index is 0.160. The van der Waals surface area contributed by atoms with Gasteiger partial charge in [0, 0.05) is 11.6 Å². The standard InChI is InChI=1S/C17H26N2O/c1-2-5-14-6-3-4-7-16(14)19-17(20)15-10-8-13(12-18)9-11-15/h3-4,6-7,13,15H,2,5,8-12,18H2,1H3,(H,19,20). The Kier molecular flexibility index (Phi) is 5.60. The molecule has 0 unspecified atom stereocenters. The predicted octanol–water partition coefficient (Wildman–Crippen LogP) is 3.34. The van der Waals surface area contributed by atoms with Crippen LogP contribution in [0.3, 0.4) is 0 Å². The van der Waals surface area contributed by atoms with E-state index in [0.29, 0.717) is 5.92 Å². The number of hydrogen-bond acceptors (Lipinski definition) is 2. The maximum Gasteiger partial charge on any atom is 0.227 e. The molecule has 110 valence electrons. The Morgan fingerprint density at radius 1 is 1.25 bits per heavy atom. The van der Waals surface area contributed by atoms with Crippen LogP contribution in [-0.4, -0.2) is 12.5 Å². The molecular formula is C17H26N2O. The summed E-state index contributed by atoms with van der Waals surface area (Å²) in [6.45, 7) is 2.92. The molecule has 1 aromatic rings. The van der Waals surface area contributed by atoms with Gasteiger partial charge < -0.3 is 11.1 Å². The molecule has 1 aliphatic carbocycles. The number of para-hydroxylation sites is 1. The first-order chi connectivity index (χ1) is 9.74. The van der Waals surface area contributed by atoms with Crippen molar-refractivity contribution in [3.63, 3.8) is 0 Å². The molecule has 0 saturated heterocycles. The minimum Gasteiger partial charge on any atom is -0.330 e. The van der Waals surface area contributed by atoms with E-state index in [1.807, 2.05) is 18.2 Å². The molecule has 1 aliphatic rings. The lowest BCUT2D eigenvalue weighted by Crippen LogP contribution is -2.29. The van der Waals surface area contributed by atoms with Gasteiger partial charge >= 0.3 is 0 Å². The van der Waals surface area contributed by atoms with Gasteiger partial charge in [0.25, 0.3) is 0 Å². The largest absolute Gasteiger partial charge is 0.330 e. The van der Waals surface area contributed by atoms with Crippen LogP contribution in [0.4, 0.5) is 5.69 Å². The van der Waals surface area contributed by atoms with Crippen molar-refractivity contribution in [3.8, 4) is 0 Å². The van der Waals surface area contributed by atoms with E-state index in [1.165, 1.54) is 5.56 Å². The van der Waals surface area contributed by atoms with E-state index in [1.54, 1.807) is 0 Å². The van der Waals surface area contributed by atoms with Crippen LogP contribution in [0.1, 0.15) is 44.6 Å². The molecule has 0 bridgehead atoms. The quantitative estimate of drug-likeness (QED) is 0.865. The third kappa shape index (κ3) is 3.83. The van der Waals surface area contributed by atoms with Crippen molar-refractivity contribution in [2.75, 3.05) is 11.9 Å². The zero-order valence-corrected chi connectivity index (χ0v) is 12.4. The second kappa shape index (κ2) is 7.44. The van der Waals surface area contributed by atoms with Crippen molar-refractivity contribution in [2.24, 2.45) is 17.6 Å². The number of amides is 1. The van der Waals surface area contributed by atoms with E-state index in [2.05, 4.69) is 18.3 Å². The number of nitrogens with one attached hydrogen (secondary N) is 1. The van der Waals surface area contributed by atoms with Gasteiger partial charge in [0.1, 0.15) is 0 Å². The maximum atomic E-state index is 12.4. The highest BCUT2D eigenvalue weighted by atomic mass is 16.1. The van der Waals surface area contributed by atoms with Crippen LogP contribution in [-0.2, 0) is 11.2 Å². The first-order valence-corrected chi connectivity index (χ1v) is 7.83. The Morgan fingerprint density at radius 2 is 1.95 bits per heavy atom. The topological polar surface area (TPSA) is 55.1 Å². The number of benzene rings is 1. The summed E-state index contributed by atoms with van der Waals surface area (Å²) in [6, 6.07) is 8.13. The molecule has 0 aliphatic heterocycles. The first-order valence-electron chi connectivity index (χ1n) is 7.83. The van der Waals surface area contributed by atoms with Gasteiger partial charge in [0.2, 0.25) is 5.91 Å². The van der Waals surface area contributed by atoms with Crippen molar-refractivity contribution < 1.29 is 4.79 Å². The molecule has 3 N–H and O–H groups in total. The lowest BCUT2D eigenvalue weighted by molar-refractivity contribution is -0.121. The molecule has 20 heavy (non-hydrogen) atoms. The third-order valence-corrected chi connectivity index (χ3v) is 4.35. The summed E-state index contributed by atoms with van der Waals surface area (Å²) in [5.41, 5.74) is 7.92. The fraction of sp³-hybridized carbons (Fsp3) is 0.588. The molecule has 0 atom stereocenters. The number of anilines is 1. The summed E-state index contributed by atoms with van der Waals surface area (Å²) in [6.07, 6.45) is 6.23. The SMILES string of the molecule is CCCc1ccccc1NC(=O)C1CCC(CN)CC1. The highest BCUT2D eigenvalue weighted by molar-refractivity contribution is 5.93. The molecule has 2 rings (SSSR count). The van der Waals surface area contributed by atoms with E-state index < -0.39 is 0 Å². The van der Waals surface area contributed by atoms with Crippen LogP contribution in [0.15, 0.2) is 24.3 Å². The number of rotatable bonds is 5. The molecule has 0 radical (unpaired) electrons. The van der Waals surface area contributed by atoms with Crippen LogP contribution in [0.5, 0.6) is 0 Å². The van der Waals surface area contributed by atoms with Gasteiger partial charge in [-0.1, -0.05) is 31.5 Å². The Bertz CT molecular complexity index is 436. The van der Waals surface area contributed by atoms with E-state index in [4.69, 9.17) is 5.73 Å². The van der Waals surface area contributed by atoms with Crippen LogP contribution in [0.2, 0.25) is 0 Å². The maximum absolute atomic E-state index is 12.4. The van der Waals surface area contributed by atoms with E-state index in [-0.39, 0.29) is 11.8 Å². The number of nitrogens with two attached hydrogens (primary N) is 1. The highest BCUT2D eigenvalue weighted by Crippen LogP contribution is 2.29. The molecule has 1 fully saturated rings. The summed E-state index contributed by atoms with van der Waals surface area (Å²) >= 11 is 0. The lowest BCUT2D eigenvalue weighted by atomic mass is 9.81. The molecule has 1 amide bonds. The van der Waals surface area contributed by atoms with Gasteiger partial charge in [0.05, 0.1) is 0 Å². The number of carbonyl (C=O) groups excluding carboxylic acids is 1. The van der Waals surface area contributed by atoms with Gasteiger partial charge in [0.15, 0.2) is 0 Å². The van der Waals surface area contributed by atoms with Crippen molar-refractivity contribution in [1.82, 2.24) is 0 Å². The van der Waals surface area contributed by atoms with Crippen LogP contribution >= 0.6 is 0 Å². The van der Waals surface area contributed by atoms with Gasteiger partial charge in [-0.3, -0.25) is 4.79 Å². The van der Waals surface area contributed by atoms with Crippen molar-refractivity contribution in [3.05, 3.63) is 29.8 Å². The molecular weight excluding hydrogens is 248 g/mol. The van der Waals surface area contributed by atoms with Gasteiger partial charge in [-0.2, -0.15) is 0 Å². The van der Waals surface area contributed by atoms with Crippen molar-refractivity contribution in [1.29, 1.82) is 0 Å². The summed E-state index contributed by atoms with van der Waals surface area (Å²) in [5.74, 6) is 0.961. The normalized spacial score (nSPS) is 22.5. The minimum atomic E-state index is 0.160. The van der Waals surface area contributed by atoms with E-state index in [9.17, 15) is 4.79 Å². The molecule has 0 spiro atoms. The molecule has 1 saturated carbocycles. The van der Waals surface area contributed by atoms with Crippen LogP contribution < -0.4 is 11.1 Å². The first kappa shape index (κ1) is 15.0. The summed E-state index contributed by atoms with van der Waals surface area (Å²) in [4.78, 5) is 12.4. The molecule has 3 heteroatoms. The highest BCUT2D eigenvalue weighted by Gasteiger charge is 2.25. The third-order valence-electron chi connectivity index (χ3n) is 4.35. The molecule has 0 heterocycles. The van der Waals surface area contributed by atoms with Crippen LogP contribution in [0, 0.1) is 11.8 Å². The zero-order chi connectivity index (χ0) is 14.4.